The molecule has 0 amide bonds. The van der Waals surface area contributed by atoms with Crippen LogP contribution in [0.15, 0.2) is 24.3 Å². The molecule has 0 saturated carbocycles. The number of rotatable bonds is 42. The molecule has 0 N–H and O–H groups in total. The van der Waals surface area contributed by atoms with Crippen LogP contribution in [-0.2, 0) is 38.0 Å². The highest BCUT2D eigenvalue weighted by Gasteiger charge is 2.38. The maximum atomic E-state index is 13.1. The van der Waals surface area contributed by atoms with Gasteiger partial charge in [-0.05, 0) is 103 Å². The second-order valence-electron chi connectivity index (χ2n) is 17.9. The molecule has 2 fully saturated rings. The number of carbonyl (C=O) groups excluding carboxylic acids is 2. The highest BCUT2D eigenvalue weighted by Crippen LogP contribution is 2.25. The minimum Gasteiger partial charge on any atom is -0.463 e. The number of carbonyl (C=O) groups is 2. The third-order valence-electron chi connectivity index (χ3n) is 12.2. The standard InChI is InChI=1S/C52H95NO8/c1-5-8-11-14-17-18-19-20-21-22-23-24-25-26-29-36-49(54)58-44-47-48(61-52(60-47)37-30-31-40-53-41-34-35-46(53)4)45-59-50(55)38-39-51(56-42-32-27-15-12-9-6-2)57-43-33-28-16-13-10-7-3/h17-18,20-21,46-48,51-52H,5-16,19,22-45H2,1-4H3/b18-17-,21-20-. The van der Waals surface area contributed by atoms with Gasteiger partial charge in [-0.3, -0.25) is 9.59 Å². The summed E-state index contributed by atoms with van der Waals surface area (Å²) in [5.74, 6) is -0.513. The summed E-state index contributed by atoms with van der Waals surface area (Å²) in [6, 6.07) is 0.663. The van der Waals surface area contributed by atoms with Crippen molar-refractivity contribution >= 4 is 11.9 Å². The van der Waals surface area contributed by atoms with Crippen molar-refractivity contribution in [3.05, 3.63) is 24.3 Å². The average Bonchev–Trinajstić information content (AvgIpc) is 3.87. The first-order chi connectivity index (χ1) is 30.0. The molecule has 2 saturated heterocycles. The summed E-state index contributed by atoms with van der Waals surface area (Å²) in [7, 11) is 0. The zero-order chi connectivity index (χ0) is 43.9. The fraction of sp³-hybridized carbons (Fsp3) is 0.885. The van der Waals surface area contributed by atoms with Gasteiger partial charge in [0.2, 0.25) is 0 Å². The van der Waals surface area contributed by atoms with E-state index < -0.39 is 24.8 Å². The molecule has 2 heterocycles. The molecule has 0 aromatic heterocycles. The van der Waals surface area contributed by atoms with E-state index in [1.807, 2.05) is 0 Å². The number of hydrogen-bond donors (Lipinski definition) is 0. The van der Waals surface area contributed by atoms with Gasteiger partial charge in [-0.1, -0.05) is 141 Å². The molecule has 0 bridgehead atoms. The van der Waals surface area contributed by atoms with Crippen molar-refractivity contribution < 1.29 is 38.0 Å². The van der Waals surface area contributed by atoms with Crippen LogP contribution in [0, 0.1) is 0 Å². The maximum Gasteiger partial charge on any atom is 0.306 e. The Hall–Kier alpha value is -1.78. The van der Waals surface area contributed by atoms with Gasteiger partial charge in [0.05, 0.1) is 6.42 Å². The Morgan fingerprint density at radius 2 is 1.11 bits per heavy atom. The number of likely N-dealkylation sites (tertiary alicyclic amines) is 1. The van der Waals surface area contributed by atoms with Gasteiger partial charge in [0.1, 0.15) is 25.4 Å². The lowest BCUT2D eigenvalue weighted by atomic mass is 10.1. The van der Waals surface area contributed by atoms with E-state index in [4.69, 9.17) is 28.4 Å². The lowest BCUT2D eigenvalue weighted by Gasteiger charge is -2.21. The lowest BCUT2D eigenvalue weighted by Crippen LogP contribution is -2.33. The van der Waals surface area contributed by atoms with Gasteiger partial charge < -0.3 is 33.3 Å². The van der Waals surface area contributed by atoms with E-state index in [-0.39, 0.29) is 31.6 Å². The maximum absolute atomic E-state index is 13.1. The molecule has 9 nitrogen and oxygen atoms in total. The Bertz CT molecular complexity index is 1070. The monoisotopic (exact) mass is 862 g/mol. The molecule has 9 heteroatoms. The largest absolute Gasteiger partial charge is 0.463 e. The highest BCUT2D eigenvalue weighted by atomic mass is 16.7. The van der Waals surface area contributed by atoms with Crippen LogP contribution < -0.4 is 0 Å². The molecule has 2 aliphatic rings. The van der Waals surface area contributed by atoms with Crippen molar-refractivity contribution in [2.45, 2.75) is 258 Å². The molecule has 0 aromatic rings. The highest BCUT2D eigenvalue weighted by molar-refractivity contribution is 5.69. The van der Waals surface area contributed by atoms with E-state index >= 15 is 0 Å². The number of unbranched alkanes of at least 4 members (excludes halogenated alkanes) is 19. The van der Waals surface area contributed by atoms with Crippen molar-refractivity contribution in [2.75, 3.05) is 39.5 Å². The summed E-state index contributed by atoms with van der Waals surface area (Å²) in [4.78, 5) is 28.4. The van der Waals surface area contributed by atoms with E-state index in [0.717, 1.165) is 83.6 Å². The summed E-state index contributed by atoms with van der Waals surface area (Å²) in [6.45, 7) is 12.8. The van der Waals surface area contributed by atoms with Crippen LogP contribution in [0.1, 0.15) is 227 Å². The lowest BCUT2D eigenvalue weighted by molar-refractivity contribution is -0.162. The first-order valence-corrected chi connectivity index (χ1v) is 25.9. The minimum absolute atomic E-state index is 0.0652. The molecular formula is C52H95NO8. The van der Waals surface area contributed by atoms with Crippen LogP contribution in [-0.4, -0.2) is 87.2 Å². The van der Waals surface area contributed by atoms with Crippen molar-refractivity contribution in [3.8, 4) is 0 Å². The second-order valence-corrected chi connectivity index (χ2v) is 17.9. The zero-order valence-corrected chi connectivity index (χ0v) is 40.1. The van der Waals surface area contributed by atoms with Gasteiger partial charge in [0.15, 0.2) is 12.6 Å². The second kappa shape index (κ2) is 39.8. The van der Waals surface area contributed by atoms with Crippen LogP contribution in [0.5, 0.6) is 0 Å². The van der Waals surface area contributed by atoms with Crippen molar-refractivity contribution in [3.63, 3.8) is 0 Å². The van der Waals surface area contributed by atoms with Gasteiger partial charge in [-0.25, -0.2) is 0 Å². The first kappa shape index (κ1) is 55.4. The number of allylic oxidation sites excluding steroid dienone is 4. The van der Waals surface area contributed by atoms with Crippen LogP contribution in [0.2, 0.25) is 0 Å². The fourth-order valence-electron chi connectivity index (χ4n) is 8.20. The number of ether oxygens (including phenoxy) is 6. The van der Waals surface area contributed by atoms with Crippen molar-refractivity contribution in [1.29, 1.82) is 0 Å². The van der Waals surface area contributed by atoms with Gasteiger partial charge in [-0.15, -0.1) is 0 Å². The Balaban J connectivity index is 1.75. The SMILES string of the molecule is CCCCC/C=C\C/C=C\CCCCCCCC(=O)OCC1OC(CCCCN2CCCC2C)OC1COC(=O)CCC(OCCCCCCCC)OCCCCCCCC. The molecule has 356 valence electrons. The predicted molar refractivity (Wildman–Crippen MR) is 251 cm³/mol. The van der Waals surface area contributed by atoms with E-state index in [1.54, 1.807) is 0 Å². The van der Waals surface area contributed by atoms with Gasteiger partial charge in [-0.2, -0.15) is 0 Å². The summed E-state index contributed by atoms with van der Waals surface area (Å²) >= 11 is 0. The van der Waals surface area contributed by atoms with Crippen LogP contribution in [0.4, 0.5) is 0 Å². The molecular weight excluding hydrogens is 767 g/mol. The first-order valence-electron chi connectivity index (χ1n) is 25.9. The summed E-state index contributed by atoms with van der Waals surface area (Å²) < 4.78 is 36.4. The van der Waals surface area contributed by atoms with Crippen molar-refractivity contribution in [2.24, 2.45) is 0 Å². The Labute approximate surface area is 375 Å². The molecule has 2 rings (SSSR count). The molecule has 61 heavy (non-hydrogen) atoms. The van der Waals surface area contributed by atoms with Crippen LogP contribution >= 0.6 is 0 Å². The molecule has 0 spiro atoms. The average molecular weight is 862 g/mol. The number of hydrogen-bond acceptors (Lipinski definition) is 9. The predicted octanol–water partition coefficient (Wildman–Crippen LogP) is 13.5. The molecule has 0 aliphatic carbocycles. The van der Waals surface area contributed by atoms with Gasteiger partial charge >= 0.3 is 11.9 Å². The van der Waals surface area contributed by atoms with E-state index in [9.17, 15) is 9.59 Å². The Kier molecular flexibility index (Phi) is 36.1. The normalized spacial score (nSPS) is 19.6. The van der Waals surface area contributed by atoms with Crippen LogP contribution in [0.25, 0.3) is 0 Å². The van der Waals surface area contributed by atoms with E-state index in [2.05, 4.69) is 56.9 Å². The Morgan fingerprint density at radius 1 is 0.607 bits per heavy atom. The van der Waals surface area contributed by atoms with Gasteiger partial charge in [0.25, 0.3) is 0 Å². The zero-order valence-electron chi connectivity index (χ0n) is 40.1. The minimum atomic E-state index is -0.486. The Morgan fingerprint density at radius 3 is 1.69 bits per heavy atom. The molecule has 2 aliphatic heterocycles. The molecule has 4 unspecified atom stereocenters. The quantitative estimate of drug-likeness (QED) is 0.0257. The van der Waals surface area contributed by atoms with Crippen LogP contribution in [0.3, 0.4) is 0 Å². The third kappa shape index (κ3) is 30.9. The van der Waals surface area contributed by atoms with E-state index in [1.165, 1.54) is 109 Å². The summed E-state index contributed by atoms with van der Waals surface area (Å²) in [6.07, 6.45) is 40.8. The van der Waals surface area contributed by atoms with Crippen molar-refractivity contribution in [1.82, 2.24) is 4.90 Å². The number of esters is 2. The smallest absolute Gasteiger partial charge is 0.306 e. The third-order valence-corrected chi connectivity index (χ3v) is 12.2. The molecule has 4 atom stereocenters. The van der Waals surface area contributed by atoms with Gasteiger partial charge in [0, 0.05) is 32.1 Å². The number of nitrogens with zero attached hydrogens (tertiary/aromatic N) is 1. The van der Waals surface area contributed by atoms with E-state index in [0.29, 0.717) is 32.1 Å². The molecule has 0 radical (unpaired) electrons. The summed E-state index contributed by atoms with van der Waals surface area (Å²) in [5, 5.41) is 0. The fourth-order valence-corrected chi connectivity index (χ4v) is 8.20. The molecule has 0 aromatic carbocycles. The summed E-state index contributed by atoms with van der Waals surface area (Å²) in [5.41, 5.74) is 0. The topological polar surface area (TPSA) is 92.8 Å².